The summed E-state index contributed by atoms with van der Waals surface area (Å²) in [5.41, 5.74) is 3.70. The smallest absolute Gasteiger partial charge is 0.271 e. The first-order valence-corrected chi connectivity index (χ1v) is 9.61. The van der Waals surface area contributed by atoms with Gasteiger partial charge < -0.3 is 14.5 Å². The lowest BCUT2D eigenvalue weighted by atomic mass is 9.64. The van der Waals surface area contributed by atoms with E-state index in [9.17, 15) is 4.79 Å². The molecule has 1 aliphatic heterocycles. The summed E-state index contributed by atoms with van der Waals surface area (Å²) in [4.78, 5) is 17.4. The zero-order valence-electron chi connectivity index (χ0n) is 15.3. The highest BCUT2D eigenvalue weighted by Gasteiger charge is 2.54. The number of carbonyl (C=O) groups excluding carboxylic acids is 1. The number of benzene rings is 1. The molecule has 2 fully saturated rings. The van der Waals surface area contributed by atoms with Crippen molar-refractivity contribution in [3.05, 3.63) is 71.7 Å². The molecule has 1 amide bonds. The van der Waals surface area contributed by atoms with Crippen LogP contribution in [0.4, 0.5) is 0 Å². The number of nitrogens with zero attached hydrogens (tertiary/aromatic N) is 2. The van der Waals surface area contributed by atoms with Gasteiger partial charge in [-0.3, -0.25) is 4.79 Å². The number of imidazole rings is 1. The summed E-state index contributed by atoms with van der Waals surface area (Å²) in [5.74, 6) is 0.648. The molecule has 1 aromatic carbocycles. The Balaban J connectivity index is 1.35. The molecule has 0 spiro atoms. The van der Waals surface area contributed by atoms with Gasteiger partial charge in [0, 0.05) is 36.9 Å². The van der Waals surface area contributed by atoms with Crippen LogP contribution in [0.5, 0.6) is 0 Å². The van der Waals surface area contributed by atoms with E-state index in [0.29, 0.717) is 17.5 Å². The number of pyridine rings is 1. The van der Waals surface area contributed by atoms with Crippen LogP contribution in [-0.2, 0) is 11.2 Å². The summed E-state index contributed by atoms with van der Waals surface area (Å²) in [5, 5.41) is 3.26. The summed E-state index contributed by atoms with van der Waals surface area (Å²) < 4.78 is 7.84. The standard InChI is InChI=1S/C22H23N3O2/c1-14-7-9-25-13-18(23-19(25)11-14)22(26)24-20-16-8-10-27-21(16)17(20)12-15-5-3-2-4-6-15/h2-7,9,11,13,16-17,20-21H,8,10,12H2,1H3,(H,24,26)/t16-,17+,20-,21-/m0/s1. The second-order valence-corrected chi connectivity index (χ2v) is 7.74. The maximum absolute atomic E-state index is 12.9. The lowest BCUT2D eigenvalue weighted by Crippen LogP contribution is -2.62. The molecule has 2 aromatic heterocycles. The molecule has 1 saturated carbocycles. The molecule has 0 radical (unpaired) electrons. The number of carbonyl (C=O) groups is 1. The molecule has 1 aliphatic carbocycles. The molecule has 2 aliphatic rings. The molecule has 27 heavy (non-hydrogen) atoms. The Kier molecular flexibility index (Phi) is 3.97. The zero-order chi connectivity index (χ0) is 18.4. The normalized spacial score (nSPS) is 26.6. The van der Waals surface area contributed by atoms with E-state index >= 15 is 0 Å². The third kappa shape index (κ3) is 2.92. The quantitative estimate of drug-likeness (QED) is 0.777. The molecule has 5 heteroatoms. The number of rotatable bonds is 4. The van der Waals surface area contributed by atoms with E-state index in [1.165, 1.54) is 5.56 Å². The molecule has 3 aromatic rings. The monoisotopic (exact) mass is 361 g/mol. The van der Waals surface area contributed by atoms with Crippen LogP contribution in [0, 0.1) is 18.8 Å². The molecular weight excluding hydrogens is 338 g/mol. The van der Waals surface area contributed by atoms with Crippen molar-refractivity contribution in [1.82, 2.24) is 14.7 Å². The van der Waals surface area contributed by atoms with Gasteiger partial charge >= 0.3 is 0 Å². The molecule has 3 heterocycles. The Bertz CT molecular complexity index is 982. The topological polar surface area (TPSA) is 55.6 Å². The van der Waals surface area contributed by atoms with Gasteiger partial charge in [-0.15, -0.1) is 0 Å². The van der Waals surface area contributed by atoms with Crippen LogP contribution in [0.3, 0.4) is 0 Å². The van der Waals surface area contributed by atoms with Crippen LogP contribution in [0.25, 0.3) is 5.65 Å². The van der Waals surface area contributed by atoms with Crippen molar-refractivity contribution in [2.45, 2.75) is 31.9 Å². The molecule has 1 N–H and O–H groups in total. The number of nitrogens with one attached hydrogen (secondary N) is 1. The summed E-state index contributed by atoms with van der Waals surface area (Å²) in [7, 11) is 0. The van der Waals surface area contributed by atoms with Gasteiger partial charge in [0.05, 0.1) is 6.10 Å². The predicted molar refractivity (Wildman–Crippen MR) is 103 cm³/mol. The number of hydrogen-bond donors (Lipinski definition) is 1. The largest absolute Gasteiger partial charge is 0.377 e. The van der Waals surface area contributed by atoms with Crippen molar-refractivity contribution in [2.75, 3.05) is 6.61 Å². The van der Waals surface area contributed by atoms with Gasteiger partial charge in [0.1, 0.15) is 11.3 Å². The zero-order valence-corrected chi connectivity index (χ0v) is 15.3. The van der Waals surface area contributed by atoms with Gasteiger partial charge in [0.2, 0.25) is 0 Å². The van der Waals surface area contributed by atoms with Gasteiger partial charge in [0.25, 0.3) is 5.91 Å². The van der Waals surface area contributed by atoms with Crippen molar-refractivity contribution < 1.29 is 9.53 Å². The molecule has 5 nitrogen and oxygen atoms in total. The Morgan fingerprint density at radius 1 is 1.30 bits per heavy atom. The maximum Gasteiger partial charge on any atom is 0.271 e. The van der Waals surface area contributed by atoms with Gasteiger partial charge in [-0.05, 0) is 43.0 Å². The number of aromatic nitrogens is 2. The van der Waals surface area contributed by atoms with Crippen molar-refractivity contribution in [2.24, 2.45) is 11.8 Å². The van der Waals surface area contributed by atoms with Crippen molar-refractivity contribution in [1.29, 1.82) is 0 Å². The predicted octanol–water partition coefficient (Wildman–Crippen LogP) is 3.02. The Hall–Kier alpha value is -2.66. The molecule has 138 valence electrons. The minimum atomic E-state index is -0.0928. The summed E-state index contributed by atoms with van der Waals surface area (Å²) >= 11 is 0. The lowest BCUT2D eigenvalue weighted by Gasteiger charge is -2.48. The van der Waals surface area contributed by atoms with Crippen molar-refractivity contribution in [3.8, 4) is 0 Å². The second-order valence-electron chi connectivity index (χ2n) is 7.74. The first-order chi connectivity index (χ1) is 13.2. The Morgan fingerprint density at radius 3 is 3.00 bits per heavy atom. The third-order valence-electron chi connectivity index (χ3n) is 5.99. The van der Waals surface area contributed by atoms with Crippen molar-refractivity contribution >= 4 is 11.6 Å². The number of aryl methyl sites for hydroxylation is 1. The SMILES string of the molecule is Cc1ccn2cc(C(=O)N[C@@H]3[C@@H](Cc4ccccc4)[C@H]4OCC[C@@H]34)nc2c1. The molecule has 1 saturated heterocycles. The van der Waals surface area contributed by atoms with E-state index in [1.807, 2.05) is 35.7 Å². The molecular formula is C22H23N3O2. The highest BCUT2D eigenvalue weighted by Crippen LogP contribution is 2.45. The minimum Gasteiger partial charge on any atom is -0.377 e. The first-order valence-electron chi connectivity index (χ1n) is 9.61. The number of hydrogen-bond acceptors (Lipinski definition) is 3. The summed E-state index contributed by atoms with van der Waals surface area (Å²) in [6.07, 6.45) is 5.95. The fourth-order valence-electron chi connectivity index (χ4n) is 4.59. The van der Waals surface area contributed by atoms with Gasteiger partial charge in [-0.2, -0.15) is 0 Å². The summed E-state index contributed by atoms with van der Waals surface area (Å²) in [6, 6.07) is 14.6. The minimum absolute atomic E-state index is 0.0928. The van der Waals surface area contributed by atoms with E-state index in [2.05, 4.69) is 34.6 Å². The summed E-state index contributed by atoms with van der Waals surface area (Å²) in [6.45, 7) is 2.82. The van der Waals surface area contributed by atoms with E-state index in [1.54, 1.807) is 6.20 Å². The molecule has 4 atom stereocenters. The van der Waals surface area contributed by atoms with Gasteiger partial charge in [-0.25, -0.2) is 4.98 Å². The first kappa shape index (κ1) is 16.5. The van der Waals surface area contributed by atoms with Crippen LogP contribution in [0.15, 0.2) is 54.9 Å². The highest BCUT2D eigenvalue weighted by atomic mass is 16.5. The molecule has 0 unspecified atom stereocenters. The van der Waals surface area contributed by atoms with Gasteiger partial charge in [-0.1, -0.05) is 30.3 Å². The average molecular weight is 361 g/mol. The lowest BCUT2D eigenvalue weighted by molar-refractivity contribution is -0.0528. The highest BCUT2D eigenvalue weighted by molar-refractivity contribution is 5.93. The van der Waals surface area contributed by atoms with E-state index in [-0.39, 0.29) is 18.1 Å². The van der Waals surface area contributed by atoms with Gasteiger partial charge in [0.15, 0.2) is 0 Å². The van der Waals surface area contributed by atoms with Crippen LogP contribution >= 0.6 is 0 Å². The van der Waals surface area contributed by atoms with E-state index in [0.717, 1.165) is 30.7 Å². The van der Waals surface area contributed by atoms with E-state index in [4.69, 9.17) is 4.74 Å². The molecule has 5 rings (SSSR count). The van der Waals surface area contributed by atoms with Crippen LogP contribution in [-0.4, -0.2) is 34.0 Å². The number of amides is 1. The van der Waals surface area contributed by atoms with E-state index < -0.39 is 0 Å². The maximum atomic E-state index is 12.9. The van der Waals surface area contributed by atoms with Crippen molar-refractivity contribution in [3.63, 3.8) is 0 Å². The average Bonchev–Trinajstić information content (AvgIpc) is 3.29. The number of fused-ring (bicyclic) bond motifs is 2. The Morgan fingerprint density at radius 2 is 2.15 bits per heavy atom. The second kappa shape index (κ2) is 6.50. The Labute approximate surface area is 158 Å². The fourth-order valence-corrected chi connectivity index (χ4v) is 4.59. The third-order valence-corrected chi connectivity index (χ3v) is 5.99. The van der Waals surface area contributed by atoms with Crippen LogP contribution < -0.4 is 5.32 Å². The van der Waals surface area contributed by atoms with Crippen LogP contribution in [0.1, 0.15) is 28.0 Å². The number of ether oxygens (including phenoxy) is 1. The molecule has 0 bridgehead atoms. The fraction of sp³-hybridized carbons (Fsp3) is 0.364. The van der Waals surface area contributed by atoms with Crippen LogP contribution in [0.2, 0.25) is 0 Å².